The van der Waals surface area contributed by atoms with Crippen LogP contribution in [0, 0.1) is 12.8 Å². The van der Waals surface area contributed by atoms with Crippen LogP contribution in [0.4, 0.5) is 0 Å². The number of amides is 1. The third-order valence-corrected chi connectivity index (χ3v) is 6.84. The van der Waals surface area contributed by atoms with E-state index in [0.29, 0.717) is 25.9 Å². The summed E-state index contributed by atoms with van der Waals surface area (Å²) in [5, 5.41) is 0. The molecule has 2 aliphatic rings. The van der Waals surface area contributed by atoms with Crippen molar-refractivity contribution in [3.63, 3.8) is 0 Å². The minimum atomic E-state index is -3.14. The van der Waals surface area contributed by atoms with Crippen LogP contribution in [0.25, 0.3) is 0 Å². The van der Waals surface area contributed by atoms with E-state index in [1.165, 1.54) is 10.6 Å². The lowest BCUT2D eigenvalue weighted by atomic mass is 9.96. The van der Waals surface area contributed by atoms with Gasteiger partial charge in [-0.05, 0) is 19.8 Å². The second kappa shape index (κ2) is 8.06. The topological polar surface area (TPSA) is 78.8 Å². The molecule has 2 fully saturated rings. The van der Waals surface area contributed by atoms with Crippen LogP contribution < -0.4 is 0 Å². The SMILES string of the molecule is Cc1nccn1CCN1CCN(C(=O)C2CCN(S(C)(=O)=O)CC2)CC1. The van der Waals surface area contributed by atoms with E-state index in [0.717, 1.165) is 45.1 Å². The lowest BCUT2D eigenvalue weighted by Gasteiger charge is -2.38. The molecule has 3 rings (SSSR count). The number of carbonyl (C=O) groups excluding carboxylic acids is 1. The normalized spacial score (nSPS) is 21.2. The van der Waals surface area contributed by atoms with Crippen LogP contribution in [0.3, 0.4) is 0 Å². The van der Waals surface area contributed by atoms with Crippen LogP contribution in [0.1, 0.15) is 18.7 Å². The summed E-state index contributed by atoms with van der Waals surface area (Å²) in [6.45, 7) is 8.10. The number of aryl methyl sites for hydroxylation is 1. The Balaban J connectivity index is 1.42. The van der Waals surface area contributed by atoms with Gasteiger partial charge in [0.1, 0.15) is 5.82 Å². The fraction of sp³-hybridized carbons (Fsp3) is 0.765. The third-order valence-electron chi connectivity index (χ3n) is 5.54. The summed E-state index contributed by atoms with van der Waals surface area (Å²) in [7, 11) is -3.14. The van der Waals surface area contributed by atoms with Gasteiger partial charge in [0.2, 0.25) is 15.9 Å². The third kappa shape index (κ3) is 4.63. The molecule has 3 heterocycles. The molecule has 0 atom stereocenters. The lowest BCUT2D eigenvalue weighted by Crippen LogP contribution is -2.52. The first-order valence-electron chi connectivity index (χ1n) is 9.28. The van der Waals surface area contributed by atoms with Gasteiger partial charge in [-0.1, -0.05) is 0 Å². The number of sulfonamides is 1. The van der Waals surface area contributed by atoms with Crippen molar-refractivity contribution in [2.45, 2.75) is 26.3 Å². The molecule has 9 heteroatoms. The number of rotatable bonds is 5. The molecular weight excluding hydrogens is 354 g/mol. The van der Waals surface area contributed by atoms with Gasteiger partial charge in [-0.25, -0.2) is 17.7 Å². The summed E-state index contributed by atoms with van der Waals surface area (Å²) in [6.07, 6.45) is 6.32. The average Bonchev–Trinajstić information content (AvgIpc) is 3.04. The van der Waals surface area contributed by atoms with Gasteiger partial charge in [-0.3, -0.25) is 9.69 Å². The van der Waals surface area contributed by atoms with Crippen molar-refractivity contribution in [3.8, 4) is 0 Å². The van der Waals surface area contributed by atoms with Crippen LogP contribution in [0.5, 0.6) is 0 Å². The Morgan fingerprint density at radius 2 is 1.77 bits per heavy atom. The first-order chi connectivity index (χ1) is 12.3. The summed E-state index contributed by atoms with van der Waals surface area (Å²) < 4.78 is 26.8. The number of hydrogen-bond acceptors (Lipinski definition) is 5. The number of nitrogens with zero attached hydrogens (tertiary/aromatic N) is 5. The predicted octanol–water partition coefficient (Wildman–Crippen LogP) is 0.00732. The highest BCUT2D eigenvalue weighted by atomic mass is 32.2. The zero-order valence-corrected chi connectivity index (χ0v) is 16.5. The first-order valence-corrected chi connectivity index (χ1v) is 11.1. The molecule has 0 aliphatic carbocycles. The summed E-state index contributed by atoms with van der Waals surface area (Å²) in [6, 6.07) is 0. The molecule has 26 heavy (non-hydrogen) atoms. The average molecular weight is 384 g/mol. The standard InChI is InChI=1S/C17H29N5O3S/c1-15-18-5-8-20(15)12-9-19-10-13-21(14-11-19)17(23)16-3-6-22(7-4-16)26(2,24)25/h5,8,16H,3-4,6-7,9-14H2,1-2H3. The highest BCUT2D eigenvalue weighted by molar-refractivity contribution is 7.88. The molecular formula is C17H29N5O3S. The molecule has 1 aromatic heterocycles. The van der Waals surface area contributed by atoms with E-state index in [1.807, 2.05) is 24.2 Å². The van der Waals surface area contributed by atoms with Gasteiger partial charge in [-0.2, -0.15) is 0 Å². The van der Waals surface area contributed by atoms with E-state index in [4.69, 9.17) is 0 Å². The van der Waals surface area contributed by atoms with Gasteiger partial charge < -0.3 is 9.47 Å². The van der Waals surface area contributed by atoms with Crippen molar-refractivity contribution >= 4 is 15.9 Å². The highest BCUT2D eigenvalue weighted by Crippen LogP contribution is 2.22. The fourth-order valence-corrected chi connectivity index (χ4v) is 4.65. The maximum Gasteiger partial charge on any atom is 0.225 e. The fourth-order valence-electron chi connectivity index (χ4n) is 3.77. The van der Waals surface area contributed by atoms with Gasteiger partial charge in [0.15, 0.2) is 0 Å². The Bertz CT molecular complexity index is 717. The Kier molecular flexibility index (Phi) is 5.99. The maximum absolute atomic E-state index is 12.7. The molecule has 0 N–H and O–H groups in total. The van der Waals surface area contributed by atoms with Gasteiger partial charge in [-0.15, -0.1) is 0 Å². The number of carbonyl (C=O) groups is 1. The Hall–Kier alpha value is -1.45. The second-order valence-corrected chi connectivity index (χ2v) is 9.25. The van der Waals surface area contributed by atoms with Crippen LogP contribution in [0.15, 0.2) is 12.4 Å². The number of aromatic nitrogens is 2. The summed E-state index contributed by atoms with van der Waals surface area (Å²) in [4.78, 5) is 21.3. The van der Waals surface area contributed by atoms with Crippen molar-refractivity contribution < 1.29 is 13.2 Å². The van der Waals surface area contributed by atoms with Crippen molar-refractivity contribution in [2.24, 2.45) is 5.92 Å². The van der Waals surface area contributed by atoms with E-state index in [9.17, 15) is 13.2 Å². The Morgan fingerprint density at radius 3 is 2.31 bits per heavy atom. The van der Waals surface area contributed by atoms with Gasteiger partial charge in [0.05, 0.1) is 6.26 Å². The zero-order chi connectivity index (χ0) is 18.7. The predicted molar refractivity (Wildman–Crippen MR) is 99.1 cm³/mol. The first kappa shape index (κ1) is 19.3. The van der Waals surface area contributed by atoms with Crippen LogP contribution in [0.2, 0.25) is 0 Å². The number of piperidine rings is 1. The van der Waals surface area contributed by atoms with Crippen molar-refractivity contribution in [3.05, 3.63) is 18.2 Å². The molecule has 0 saturated carbocycles. The van der Waals surface area contributed by atoms with Crippen molar-refractivity contribution in [2.75, 3.05) is 52.1 Å². The number of hydrogen-bond donors (Lipinski definition) is 0. The molecule has 2 saturated heterocycles. The van der Waals surface area contributed by atoms with Gasteiger partial charge >= 0.3 is 0 Å². The molecule has 0 spiro atoms. The van der Waals surface area contributed by atoms with E-state index in [-0.39, 0.29) is 11.8 Å². The van der Waals surface area contributed by atoms with Crippen LogP contribution in [-0.4, -0.2) is 90.1 Å². The number of piperazine rings is 1. The molecule has 1 aromatic rings. The minimum absolute atomic E-state index is 0.0341. The molecule has 8 nitrogen and oxygen atoms in total. The summed E-state index contributed by atoms with van der Waals surface area (Å²) >= 11 is 0. The van der Waals surface area contributed by atoms with E-state index in [1.54, 1.807) is 0 Å². The summed E-state index contributed by atoms with van der Waals surface area (Å²) in [5.74, 6) is 1.19. The van der Waals surface area contributed by atoms with E-state index >= 15 is 0 Å². The lowest BCUT2D eigenvalue weighted by molar-refractivity contribution is -0.138. The monoisotopic (exact) mass is 383 g/mol. The van der Waals surface area contributed by atoms with E-state index < -0.39 is 10.0 Å². The zero-order valence-electron chi connectivity index (χ0n) is 15.7. The van der Waals surface area contributed by atoms with Gasteiger partial charge in [0, 0.05) is 70.7 Å². The number of imidazole rings is 1. The molecule has 146 valence electrons. The molecule has 0 unspecified atom stereocenters. The minimum Gasteiger partial charge on any atom is -0.340 e. The van der Waals surface area contributed by atoms with Crippen molar-refractivity contribution in [1.29, 1.82) is 0 Å². The van der Waals surface area contributed by atoms with Crippen LogP contribution >= 0.6 is 0 Å². The van der Waals surface area contributed by atoms with Gasteiger partial charge in [0.25, 0.3) is 0 Å². The molecule has 0 radical (unpaired) electrons. The highest BCUT2D eigenvalue weighted by Gasteiger charge is 2.32. The maximum atomic E-state index is 12.7. The largest absolute Gasteiger partial charge is 0.340 e. The van der Waals surface area contributed by atoms with Crippen LogP contribution in [-0.2, 0) is 21.4 Å². The molecule has 1 amide bonds. The molecule has 2 aliphatic heterocycles. The Labute approximate surface area is 155 Å². The smallest absolute Gasteiger partial charge is 0.225 e. The quantitative estimate of drug-likeness (QED) is 0.716. The summed E-state index contributed by atoms with van der Waals surface area (Å²) in [5.41, 5.74) is 0. The molecule has 0 aromatic carbocycles. The van der Waals surface area contributed by atoms with Crippen molar-refractivity contribution in [1.82, 2.24) is 23.7 Å². The molecule has 0 bridgehead atoms. The second-order valence-electron chi connectivity index (χ2n) is 7.27. The van der Waals surface area contributed by atoms with E-state index in [2.05, 4.69) is 14.5 Å². The Morgan fingerprint density at radius 1 is 1.12 bits per heavy atom.